The van der Waals surface area contributed by atoms with Crippen LogP contribution in [0.2, 0.25) is 0 Å². The van der Waals surface area contributed by atoms with Gasteiger partial charge in [0.1, 0.15) is 0 Å². The minimum Gasteiger partial charge on any atom is -0.459 e. The summed E-state index contributed by atoms with van der Waals surface area (Å²) in [6, 6.07) is 0. The van der Waals surface area contributed by atoms with Gasteiger partial charge in [0.05, 0.1) is 0 Å². The molecule has 0 bridgehead atoms. The third-order valence-corrected chi connectivity index (χ3v) is 1.45. The van der Waals surface area contributed by atoms with Crippen LogP contribution in [0, 0.1) is 7.05 Å². The zero-order valence-electron chi connectivity index (χ0n) is 4.99. The van der Waals surface area contributed by atoms with Crippen molar-refractivity contribution in [2.24, 2.45) is 0 Å². The van der Waals surface area contributed by atoms with Gasteiger partial charge in [0, 0.05) is 0 Å². The van der Waals surface area contributed by atoms with Crippen LogP contribution in [0.4, 0.5) is 0 Å². The summed E-state index contributed by atoms with van der Waals surface area (Å²) in [7, 11) is 3.83. The second-order valence-corrected chi connectivity index (χ2v) is 2.18. The molecule has 0 aliphatic carbocycles. The van der Waals surface area contributed by atoms with E-state index in [1.165, 1.54) is 32.4 Å². The van der Waals surface area contributed by atoms with Crippen LogP contribution in [-0.4, -0.2) is 18.0 Å². The first kappa shape index (κ1) is 6.96. The van der Waals surface area contributed by atoms with Gasteiger partial charge >= 0.3 is 0 Å². The SMILES string of the molecule is [CH2-]N1CCCCC1.[Es]. The molecule has 1 aliphatic rings. The van der Waals surface area contributed by atoms with Crippen molar-refractivity contribution in [3.05, 3.63) is 7.05 Å². The zero-order valence-corrected chi connectivity index (χ0v) is 7.50. The summed E-state index contributed by atoms with van der Waals surface area (Å²) in [5.74, 6) is 0. The molecular weight excluding hydrogens is 338 g/mol. The zero-order chi connectivity index (χ0) is 5.11. The molecule has 0 N–H and O–H groups in total. The monoisotopic (exact) mass is 350 g/mol. The minimum absolute atomic E-state index is 0. The summed E-state index contributed by atoms with van der Waals surface area (Å²) in [5, 5.41) is 0. The van der Waals surface area contributed by atoms with Gasteiger partial charge < -0.3 is 4.90 Å². The normalized spacial score (nSPS) is 22.1. The second-order valence-electron chi connectivity index (χ2n) is 2.18. The summed E-state index contributed by atoms with van der Waals surface area (Å²) < 4.78 is 0. The standard InChI is InChI=1S/C6H12N.Es/c1-7-5-3-2-4-6-7;/h1-6H2;/q-1;. The van der Waals surface area contributed by atoms with Crippen LogP contribution in [0.5, 0.6) is 0 Å². The van der Waals surface area contributed by atoms with Crippen molar-refractivity contribution in [3.63, 3.8) is 0 Å². The van der Waals surface area contributed by atoms with E-state index in [9.17, 15) is 0 Å². The number of piperidine rings is 1. The molecule has 0 aromatic heterocycles. The fourth-order valence-corrected chi connectivity index (χ4v) is 0.959. The summed E-state index contributed by atoms with van der Waals surface area (Å²) in [5.41, 5.74) is 0. The third-order valence-electron chi connectivity index (χ3n) is 1.45. The molecule has 1 saturated heterocycles. The average Bonchev–Trinajstić information content (AvgIpc) is 1.69. The molecule has 1 radical (unpaired) electrons. The minimum atomic E-state index is 0. The van der Waals surface area contributed by atoms with Crippen molar-refractivity contribution in [1.82, 2.24) is 4.90 Å². The van der Waals surface area contributed by atoms with Crippen molar-refractivity contribution in [2.75, 3.05) is 13.1 Å². The first-order chi connectivity index (χ1) is 3.39. The van der Waals surface area contributed by atoms with E-state index in [0.29, 0.717) is 0 Å². The van der Waals surface area contributed by atoms with E-state index in [1.807, 2.05) is 0 Å². The predicted octanol–water partition coefficient (Wildman–Crippen LogP) is 1.26. The van der Waals surface area contributed by atoms with Crippen LogP contribution < -0.4 is 0 Å². The molecule has 2 heteroatoms. The van der Waals surface area contributed by atoms with Crippen LogP contribution in [0.3, 0.4) is 0 Å². The Morgan fingerprint density at radius 1 is 1.00 bits per heavy atom. The maximum atomic E-state index is 3.83. The predicted molar refractivity (Wildman–Crippen MR) is 30.8 cm³/mol. The van der Waals surface area contributed by atoms with Gasteiger partial charge in [0.25, 0.3) is 0 Å². The Hall–Kier alpha value is -1.04. The molecule has 1 rings (SSSR count). The third kappa shape index (κ3) is 1.61. The van der Waals surface area contributed by atoms with E-state index < -0.39 is 0 Å². The number of rotatable bonds is 0. The first-order valence-electron chi connectivity index (χ1n) is 2.95. The van der Waals surface area contributed by atoms with E-state index in [0.717, 1.165) is 0 Å². The smallest absolute Gasteiger partial charge is 0 e. The van der Waals surface area contributed by atoms with Crippen molar-refractivity contribution in [1.29, 1.82) is 0 Å². The van der Waals surface area contributed by atoms with Gasteiger partial charge in [-0.05, 0) is 25.9 Å². The maximum Gasteiger partial charge on any atom is 0 e. The molecule has 0 amide bonds. The number of nitrogens with zero attached hydrogens (tertiary/aromatic N) is 1. The molecular formula is C6H12EsN-. The van der Waals surface area contributed by atoms with Crippen molar-refractivity contribution >= 4 is 0 Å². The molecule has 0 spiro atoms. The van der Waals surface area contributed by atoms with Gasteiger partial charge in [-0.1, -0.05) is 6.42 Å². The van der Waals surface area contributed by atoms with Crippen LogP contribution in [0.15, 0.2) is 0 Å². The van der Waals surface area contributed by atoms with Gasteiger partial charge in [-0.2, -0.15) is 0 Å². The van der Waals surface area contributed by atoms with E-state index in [4.69, 9.17) is 0 Å². The topological polar surface area (TPSA) is 3.24 Å². The van der Waals surface area contributed by atoms with Gasteiger partial charge in [0.15, 0.2) is 0 Å². The van der Waals surface area contributed by atoms with Crippen molar-refractivity contribution < 1.29 is 0 Å². The molecule has 0 aromatic carbocycles. The number of hydrogen-bond donors (Lipinski definition) is 0. The largest absolute Gasteiger partial charge is 0.459 e. The Morgan fingerprint density at radius 2 is 1.50 bits per heavy atom. The van der Waals surface area contributed by atoms with E-state index in [-0.39, 0.29) is 0 Å². The number of hydrogen-bond acceptors (Lipinski definition) is 1. The van der Waals surface area contributed by atoms with Crippen LogP contribution in [0.1, 0.15) is 19.3 Å². The molecule has 0 atom stereocenters. The van der Waals surface area contributed by atoms with Gasteiger partial charge in [0.2, 0.25) is 0 Å². The average molecular weight is 350 g/mol. The molecule has 53 valence electrons. The fourth-order valence-electron chi connectivity index (χ4n) is 0.959. The molecule has 0 saturated carbocycles. The van der Waals surface area contributed by atoms with Gasteiger partial charge in [-0.3, -0.25) is 7.05 Å². The molecule has 8 heavy (non-hydrogen) atoms. The van der Waals surface area contributed by atoms with E-state index >= 15 is 0 Å². The van der Waals surface area contributed by atoms with Crippen molar-refractivity contribution in [3.8, 4) is 0 Å². The Labute approximate surface area is 45.3 Å². The number of likely N-dealkylation sites (tertiary alicyclic amines) is 1. The maximum absolute atomic E-state index is 3.83. The Kier molecular flexibility index (Phi) is 2.63. The second kappa shape index (κ2) is 3.03. The fraction of sp³-hybridized carbons (Fsp3) is 0.833. The molecule has 1 aliphatic heterocycles. The Balaban J connectivity index is 0.000000490. The summed E-state index contributed by atoms with van der Waals surface area (Å²) >= 11 is 0. The molecule has 1 nitrogen and oxygen atoms in total. The summed E-state index contributed by atoms with van der Waals surface area (Å²) in [4.78, 5) is 2.14. The Bertz CT molecular complexity index is 50.5. The molecule has 1 fully saturated rings. The van der Waals surface area contributed by atoms with Crippen LogP contribution >= 0.6 is 0 Å². The summed E-state index contributed by atoms with van der Waals surface area (Å²) in [6.07, 6.45) is 4.11. The Morgan fingerprint density at radius 3 is 1.75 bits per heavy atom. The van der Waals surface area contributed by atoms with Crippen molar-refractivity contribution in [2.45, 2.75) is 19.3 Å². The summed E-state index contributed by atoms with van der Waals surface area (Å²) in [6.45, 7) is 2.42. The van der Waals surface area contributed by atoms with Crippen LogP contribution in [0.25, 0.3) is 0 Å². The molecule has 0 aromatic rings. The van der Waals surface area contributed by atoms with Crippen LogP contribution in [-0.2, 0) is 0 Å². The van der Waals surface area contributed by atoms with E-state index in [1.54, 1.807) is 0 Å². The molecule has 0 unspecified atom stereocenters. The molecule has 1 heterocycles. The van der Waals surface area contributed by atoms with Gasteiger partial charge in [-0.15, -0.1) is 0 Å². The van der Waals surface area contributed by atoms with E-state index in [2.05, 4.69) is 11.9 Å². The first-order valence-corrected chi connectivity index (χ1v) is 2.95. The quantitative estimate of drug-likeness (QED) is 0.595. The van der Waals surface area contributed by atoms with Gasteiger partial charge in [-0.25, -0.2) is 0 Å².